The van der Waals surface area contributed by atoms with Gasteiger partial charge in [0.25, 0.3) is 0 Å². The first-order valence-corrected chi connectivity index (χ1v) is 5.28. The van der Waals surface area contributed by atoms with Gasteiger partial charge in [0, 0.05) is 19.2 Å². The van der Waals surface area contributed by atoms with Gasteiger partial charge in [-0.2, -0.15) is 0 Å². The predicted octanol–water partition coefficient (Wildman–Crippen LogP) is 2.03. The Morgan fingerprint density at radius 1 is 1.38 bits per heavy atom. The van der Waals surface area contributed by atoms with E-state index in [-0.39, 0.29) is 5.91 Å². The zero-order valence-electron chi connectivity index (χ0n) is 10.0. The van der Waals surface area contributed by atoms with Gasteiger partial charge in [0.2, 0.25) is 5.91 Å². The molecule has 16 heavy (non-hydrogen) atoms. The lowest BCUT2D eigenvalue weighted by molar-refractivity contribution is -0.118. The number of hydrogen-bond donors (Lipinski definition) is 2. The maximum absolute atomic E-state index is 10.7. The maximum Gasteiger partial charge on any atom is 0.217 e. The van der Waals surface area contributed by atoms with Gasteiger partial charge in [-0.25, -0.2) is 0 Å². The van der Waals surface area contributed by atoms with Gasteiger partial charge in [-0.3, -0.25) is 4.79 Å². The van der Waals surface area contributed by atoms with Crippen molar-refractivity contribution in [2.24, 2.45) is 0 Å². The summed E-state index contributed by atoms with van der Waals surface area (Å²) in [4.78, 5) is 10.7. The molecule has 0 aromatic heterocycles. The number of nitrogen functional groups attached to an aromatic ring is 1. The maximum atomic E-state index is 10.7. The van der Waals surface area contributed by atoms with Crippen LogP contribution in [0.1, 0.15) is 23.6 Å². The van der Waals surface area contributed by atoms with Crippen LogP contribution in [0.25, 0.3) is 6.08 Å². The largest absolute Gasteiger partial charge is 0.399 e. The minimum absolute atomic E-state index is 0.0181. The van der Waals surface area contributed by atoms with Crippen LogP contribution in [0.2, 0.25) is 0 Å². The number of nitrogens with two attached hydrogens (primary N) is 1. The molecule has 0 spiro atoms. The molecule has 0 fully saturated rings. The Labute approximate surface area is 96.3 Å². The molecule has 1 amide bonds. The van der Waals surface area contributed by atoms with Crippen molar-refractivity contribution >= 4 is 17.7 Å². The summed E-state index contributed by atoms with van der Waals surface area (Å²) >= 11 is 0. The summed E-state index contributed by atoms with van der Waals surface area (Å²) in [6.45, 7) is 6.12. The number of carbonyl (C=O) groups excluding carboxylic acids is 1. The van der Waals surface area contributed by atoms with E-state index in [0.29, 0.717) is 6.54 Å². The van der Waals surface area contributed by atoms with Gasteiger partial charge < -0.3 is 11.1 Å². The van der Waals surface area contributed by atoms with E-state index in [0.717, 1.165) is 16.8 Å². The van der Waals surface area contributed by atoms with E-state index in [4.69, 9.17) is 5.73 Å². The van der Waals surface area contributed by atoms with Crippen LogP contribution in [-0.4, -0.2) is 12.5 Å². The van der Waals surface area contributed by atoms with Crippen LogP contribution < -0.4 is 11.1 Å². The Kier molecular flexibility index (Phi) is 4.11. The van der Waals surface area contributed by atoms with E-state index in [1.807, 2.05) is 38.1 Å². The van der Waals surface area contributed by atoms with Crippen molar-refractivity contribution in [1.82, 2.24) is 5.32 Å². The summed E-state index contributed by atoms with van der Waals surface area (Å²) < 4.78 is 0. The predicted molar refractivity (Wildman–Crippen MR) is 68.0 cm³/mol. The normalized spacial score (nSPS) is 10.7. The molecule has 86 valence electrons. The van der Waals surface area contributed by atoms with E-state index in [2.05, 4.69) is 5.32 Å². The van der Waals surface area contributed by atoms with Crippen molar-refractivity contribution in [2.75, 3.05) is 12.3 Å². The smallest absolute Gasteiger partial charge is 0.217 e. The molecule has 1 aromatic rings. The van der Waals surface area contributed by atoms with Gasteiger partial charge in [0.15, 0.2) is 0 Å². The van der Waals surface area contributed by atoms with Crippen molar-refractivity contribution < 1.29 is 4.79 Å². The third kappa shape index (κ3) is 3.42. The lowest BCUT2D eigenvalue weighted by Gasteiger charge is -2.06. The summed E-state index contributed by atoms with van der Waals surface area (Å²) in [5.74, 6) is -0.0181. The number of aryl methyl sites for hydroxylation is 2. The molecule has 0 aliphatic rings. The van der Waals surface area contributed by atoms with Crippen LogP contribution in [-0.2, 0) is 4.79 Å². The topological polar surface area (TPSA) is 55.1 Å². The highest BCUT2D eigenvalue weighted by Gasteiger charge is 1.99. The zero-order chi connectivity index (χ0) is 12.1. The number of benzene rings is 1. The zero-order valence-corrected chi connectivity index (χ0v) is 10.0. The molecule has 3 nitrogen and oxygen atoms in total. The Morgan fingerprint density at radius 2 is 1.94 bits per heavy atom. The minimum atomic E-state index is -0.0181. The first-order chi connectivity index (χ1) is 7.50. The molecule has 1 aromatic carbocycles. The van der Waals surface area contributed by atoms with Gasteiger partial charge in [-0.05, 0) is 42.7 Å². The monoisotopic (exact) mass is 218 g/mol. The molecule has 1 rings (SSSR count). The number of carbonyl (C=O) groups is 1. The molecule has 3 heteroatoms. The number of rotatable bonds is 3. The molecule has 0 heterocycles. The number of hydrogen-bond acceptors (Lipinski definition) is 2. The summed E-state index contributed by atoms with van der Waals surface area (Å²) in [5, 5.41) is 2.72. The van der Waals surface area contributed by atoms with Crippen LogP contribution in [0.5, 0.6) is 0 Å². The van der Waals surface area contributed by atoms with E-state index >= 15 is 0 Å². The highest BCUT2D eigenvalue weighted by molar-refractivity contribution is 5.73. The first-order valence-electron chi connectivity index (χ1n) is 5.28. The van der Waals surface area contributed by atoms with Gasteiger partial charge >= 0.3 is 0 Å². The van der Waals surface area contributed by atoms with Crippen LogP contribution >= 0.6 is 0 Å². The molecule has 0 aliphatic heterocycles. The van der Waals surface area contributed by atoms with E-state index < -0.39 is 0 Å². The molecule has 0 saturated heterocycles. The van der Waals surface area contributed by atoms with Crippen molar-refractivity contribution in [1.29, 1.82) is 0 Å². The first kappa shape index (κ1) is 12.3. The van der Waals surface area contributed by atoms with Gasteiger partial charge in [0.05, 0.1) is 0 Å². The Balaban J connectivity index is 2.77. The fraction of sp³-hybridized carbons (Fsp3) is 0.308. The van der Waals surface area contributed by atoms with Crippen LogP contribution in [0.3, 0.4) is 0 Å². The van der Waals surface area contributed by atoms with Crippen molar-refractivity contribution in [3.8, 4) is 0 Å². The minimum Gasteiger partial charge on any atom is -0.399 e. The summed E-state index contributed by atoms with van der Waals surface area (Å²) in [7, 11) is 0. The second-order valence-electron chi connectivity index (χ2n) is 3.91. The fourth-order valence-corrected chi connectivity index (χ4v) is 1.65. The molecular formula is C13H18N2O. The molecule has 0 unspecified atom stereocenters. The highest BCUT2D eigenvalue weighted by atomic mass is 16.1. The highest BCUT2D eigenvalue weighted by Crippen LogP contribution is 2.19. The van der Waals surface area contributed by atoms with Crippen LogP contribution in [0, 0.1) is 13.8 Å². The second-order valence-corrected chi connectivity index (χ2v) is 3.91. The van der Waals surface area contributed by atoms with E-state index in [9.17, 15) is 4.79 Å². The quantitative estimate of drug-likeness (QED) is 0.763. The van der Waals surface area contributed by atoms with Gasteiger partial charge in [-0.1, -0.05) is 12.2 Å². The standard InChI is InChI=1S/C13H18N2O/c1-9-7-12(14)8-10(2)13(9)5-4-6-15-11(3)16/h4-5,7-8H,6,14H2,1-3H3,(H,15,16). The third-order valence-electron chi connectivity index (χ3n) is 2.37. The molecule has 3 N–H and O–H groups in total. The van der Waals surface area contributed by atoms with E-state index in [1.54, 1.807) is 0 Å². The molecule has 0 bridgehead atoms. The van der Waals surface area contributed by atoms with Crippen LogP contribution in [0.15, 0.2) is 18.2 Å². The van der Waals surface area contributed by atoms with Crippen molar-refractivity contribution in [3.63, 3.8) is 0 Å². The molecular weight excluding hydrogens is 200 g/mol. The average Bonchev–Trinajstić information content (AvgIpc) is 2.14. The van der Waals surface area contributed by atoms with Crippen molar-refractivity contribution in [2.45, 2.75) is 20.8 Å². The second kappa shape index (κ2) is 5.35. The van der Waals surface area contributed by atoms with Crippen LogP contribution in [0.4, 0.5) is 5.69 Å². The molecule has 0 aliphatic carbocycles. The van der Waals surface area contributed by atoms with Crippen molar-refractivity contribution in [3.05, 3.63) is 34.9 Å². The fourth-order valence-electron chi connectivity index (χ4n) is 1.65. The average molecular weight is 218 g/mol. The molecule has 0 radical (unpaired) electrons. The van der Waals surface area contributed by atoms with Gasteiger partial charge in [-0.15, -0.1) is 0 Å². The Hall–Kier alpha value is -1.77. The summed E-state index contributed by atoms with van der Waals surface area (Å²) in [6.07, 6.45) is 3.95. The molecule has 0 saturated carbocycles. The summed E-state index contributed by atoms with van der Waals surface area (Å²) in [5.41, 5.74) is 9.99. The summed E-state index contributed by atoms with van der Waals surface area (Å²) in [6, 6.07) is 3.90. The van der Waals surface area contributed by atoms with E-state index in [1.165, 1.54) is 12.5 Å². The lowest BCUT2D eigenvalue weighted by atomic mass is 10.0. The molecule has 0 atom stereocenters. The third-order valence-corrected chi connectivity index (χ3v) is 2.37. The Bertz CT molecular complexity index is 399. The number of nitrogens with one attached hydrogen (secondary N) is 1. The van der Waals surface area contributed by atoms with Gasteiger partial charge in [0.1, 0.15) is 0 Å². The number of amides is 1. The Morgan fingerprint density at radius 3 is 2.44 bits per heavy atom. The number of anilines is 1. The lowest BCUT2D eigenvalue weighted by Crippen LogP contribution is -2.19. The SMILES string of the molecule is CC(=O)NCC=Cc1c(C)cc(N)cc1C.